The second kappa shape index (κ2) is 28.0. The van der Waals surface area contributed by atoms with Crippen LogP contribution >= 0.6 is 0 Å². The summed E-state index contributed by atoms with van der Waals surface area (Å²) in [5, 5.41) is 8.98. The maximum atomic E-state index is 14.0. The van der Waals surface area contributed by atoms with Crippen LogP contribution in [0.25, 0.3) is 0 Å². The highest BCUT2D eigenvalue weighted by molar-refractivity contribution is 6.61. The summed E-state index contributed by atoms with van der Waals surface area (Å²) in [5.74, 6) is 0. The van der Waals surface area contributed by atoms with Gasteiger partial charge in [-0.25, -0.2) is 19.3 Å². The Morgan fingerprint density at radius 2 is 0.841 bits per heavy atom. The van der Waals surface area contributed by atoms with Crippen molar-refractivity contribution in [2.24, 2.45) is 0 Å². The van der Waals surface area contributed by atoms with Crippen LogP contribution in [-0.4, -0.2) is 114 Å². The van der Waals surface area contributed by atoms with Crippen LogP contribution in [0.4, 0.5) is 25.8 Å². The van der Waals surface area contributed by atoms with E-state index in [4.69, 9.17) is 31.3 Å². The zero-order chi connectivity index (χ0) is 50.5. The molecular formula is C52H83N5O10Si2. The van der Waals surface area contributed by atoms with Crippen molar-refractivity contribution < 1.29 is 45.7 Å². The van der Waals surface area contributed by atoms with Crippen LogP contribution in [0.2, 0.25) is 12.1 Å². The van der Waals surface area contributed by atoms with E-state index in [0.717, 1.165) is 45.7 Å². The van der Waals surface area contributed by atoms with Crippen LogP contribution in [0, 0.1) is 0 Å². The molecule has 1 aliphatic rings. The lowest BCUT2D eigenvalue weighted by Gasteiger charge is -2.30. The Hall–Kier alpha value is -4.18. The molecule has 15 nitrogen and oxygen atoms in total. The van der Waals surface area contributed by atoms with Gasteiger partial charge in [0.15, 0.2) is 0 Å². The number of hydrogen-bond acceptors (Lipinski definition) is 10. The van der Waals surface area contributed by atoms with Gasteiger partial charge in [0, 0.05) is 87.9 Å². The summed E-state index contributed by atoms with van der Waals surface area (Å²) in [6, 6.07) is 24.4. The van der Waals surface area contributed by atoms with E-state index in [2.05, 4.69) is 87.0 Å². The van der Waals surface area contributed by atoms with Gasteiger partial charge in [-0.1, -0.05) is 89.6 Å². The number of unbranched alkanes of at least 4 members (excludes halogenated alkanes) is 1. The van der Waals surface area contributed by atoms with Crippen molar-refractivity contribution in [2.75, 3.05) is 82.2 Å². The molecule has 3 aromatic rings. The van der Waals surface area contributed by atoms with Crippen LogP contribution in [-0.2, 0) is 42.1 Å². The van der Waals surface area contributed by atoms with Crippen molar-refractivity contribution >= 4 is 47.1 Å². The van der Waals surface area contributed by atoms with E-state index in [1.807, 2.05) is 77.9 Å². The Bertz CT molecular complexity index is 1920. The Labute approximate surface area is 415 Å². The highest BCUT2D eigenvalue weighted by Crippen LogP contribution is 2.37. The second-order valence-corrected chi connectivity index (χ2v) is 23.5. The minimum atomic E-state index is -2.92. The molecule has 17 heteroatoms. The van der Waals surface area contributed by atoms with E-state index >= 15 is 0 Å². The van der Waals surface area contributed by atoms with Crippen LogP contribution in [0.3, 0.4) is 0 Å². The molecule has 0 aromatic heterocycles. The smallest absolute Gasteiger partial charge is 0.374 e. The van der Waals surface area contributed by atoms with Crippen molar-refractivity contribution in [2.45, 2.75) is 131 Å². The monoisotopic (exact) mass is 994 g/mol. The molecule has 1 aliphatic heterocycles. The van der Waals surface area contributed by atoms with E-state index in [1.54, 1.807) is 4.90 Å². The molecular weight excluding hydrogens is 911 g/mol. The topological polar surface area (TPSA) is 162 Å². The third-order valence-corrected chi connectivity index (χ3v) is 18.7. The molecule has 1 unspecified atom stereocenters. The van der Waals surface area contributed by atoms with Crippen molar-refractivity contribution in [3.05, 3.63) is 95.1 Å². The average Bonchev–Trinajstić information content (AvgIpc) is 4.16. The molecule has 3 N–H and O–H groups in total. The predicted molar refractivity (Wildman–Crippen MR) is 278 cm³/mol. The molecule has 1 heterocycles. The second-order valence-electron chi connectivity index (χ2n) is 18.0. The molecule has 0 aliphatic carbocycles. The van der Waals surface area contributed by atoms with Crippen LogP contribution < -0.4 is 25.8 Å². The van der Waals surface area contributed by atoms with E-state index < -0.39 is 35.1 Å². The molecule has 0 radical (unpaired) electrons. The number of imide groups is 1. The van der Waals surface area contributed by atoms with Gasteiger partial charge in [0.2, 0.25) is 0 Å². The predicted octanol–water partition coefficient (Wildman–Crippen LogP) is 10.2. The van der Waals surface area contributed by atoms with Gasteiger partial charge < -0.3 is 47.2 Å². The molecule has 384 valence electrons. The number of rotatable bonds is 31. The highest BCUT2D eigenvalue weighted by Gasteiger charge is 2.41. The van der Waals surface area contributed by atoms with Gasteiger partial charge in [0.05, 0.1) is 24.9 Å². The SMILES string of the molecule is CCCCNC(=O)N(CC1CO1)c1ccc(C(C)(C)c2ccc(C(C)(C)c3ccc(N(C(=O)NCCC[Si](OCC)(OCC)OCC)C(=O)NCCC[Si](OCC)(OCC)OCC)cc3)cc2)cc1. The lowest BCUT2D eigenvalue weighted by molar-refractivity contribution is 0.0701. The number of benzene rings is 3. The van der Waals surface area contributed by atoms with Gasteiger partial charge >= 0.3 is 35.7 Å². The molecule has 69 heavy (non-hydrogen) atoms. The first-order valence-corrected chi connectivity index (χ1v) is 29.1. The fraction of sp³-hybridized carbons (Fsp3) is 0.596. The fourth-order valence-electron chi connectivity index (χ4n) is 8.36. The summed E-state index contributed by atoms with van der Waals surface area (Å²) in [4.78, 5) is 44.1. The summed E-state index contributed by atoms with van der Waals surface area (Å²) in [5.41, 5.74) is 4.95. The number of ether oxygens (including phenoxy) is 1. The summed E-state index contributed by atoms with van der Waals surface area (Å²) >= 11 is 0. The number of carbonyl (C=O) groups excluding carboxylic acids is 3. The fourth-order valence-corrected chi connectivity index (χ4v) is 13.6. The summed E-state index contributed by atoms with van der Waals surface area (Å²) in [6.45, 7) is 27.5. The Morgan fingerprint density at radius 3 is 1.17 bits per heavy atom. The Morgan fingerprint density at radius 1 is 0.522 bits per heavy atom. The number of carbonyl (C=O) groups is 3. The number of anilines is 2. The lowest BCUT2D eigenvalue weighted by Crippen LogP contribution is -2.50. The van der Waals surface area contributed by atoms with Gasteiger partial charge in [-0.2, -0.15) is 0 Å². The van der Waals surface area contributed by atoms with Crippen molar-refractivity contribution in [3.8, 4) is 0 Å². The molecule has 1 atom stereocenters. The first-order valence-electron chi connectivity index (χ1n) is 25.3. The summed E-state index contributed by atoms with van der Waals surface area (Å²) < 4.78 is 41.5. The lowest BCUT2D eigenvalue weighted by atomic mass is 9.74. The maximum Gasteiger partial charge on any atom is 0.500 e. The van der Waals surface area contributed by atoms with Crippen LogP contribution in [0.15, 0.2) is 72.8 Å². The number of urea groups is 3. The number of epoxide rings is 1. The van der Waals surface area contributed by atoms with Gasteiger partial charge in [0.25, 0.3) is 0 Å². The number of nitrogens with zero attached hydrogens (tertiary/aromatic N) is 2. The first-order chi connectivity index (χ1) is 33.1. The number of nitrogens with one attached hydrogen (secondary N) is 3. The highest BCUT2D eigenvalue weighted by atomic mass is 28.4. The Kier molecular flexibility index (Phi) is 23.3. The maximum absolute atomic E-state index is 14.0. The molecule has 6 amide bonds. The van der Waals surface area contributed by atoms with Gasteiger partial charge in [-0.3, -0.25) is 4.90 Å². The number of amides is 6. The third-order valence-electron chi connectivity index (χ3n) is 12.4. The molecule has 1 saturated heterocycles. The van der Waals surface area contributed by atoms with E-state index in [9.17, 15) is 14.4 Å². The third kappa shape index (κ3) is 16.4. The largest absolute Gasteiger partial charge is 0.500 e. The zero-order valence-corrected chi connectivity index (χ0v) is 45.5. The summed E-state index contributed by atoms with van der Waals surface area (Å²) in [7, 11) is -5.84. The van der Waals surface area contributed by atoms with E-state index in [-0.39, 0.29) is 30.6 Å². The molecule has 0 bridgehead atoms. The minimum Gasteiger partial charge on any atom is -0.374 e. The standard InChI is InChI=1S/C52H83N5O10Si2/c1-12-19-34-53-48(58)56(39-47-40-61-47)45-30-26-43(27-31-45)51(8,9)41-22-24-42(25-23-41)52(10,11)44-28-32-46(33-29-44)57(49(59)54-35-20-37-68(62-13-2,63-14-3)64-15-4)50(60)55-36-21-38-69(65-16-5,66-17-6)67-18-7/h22-33,47H,12-21,34-40H2,1-11H3,(H,53,58)(H,54,59)(H,55,60). The van der Waals surface area contributed by atoms with Gasteiger partial charge in [0.1, 0.15) is 0 Å². The molecule has 0 saturated carbocycles. The molecule has 1 fully saturated rings. The van der Waals surface area contributed by atoms with E-state index in [0.29, 0.717) is 90.0 Å². The molecule has 4 rings (SSSR count). The van der Waals surface area contributed by atoms with Gasteiger partial charge in [-0.05, 0) is 107 Å². The Balaban J connectivity index is 1.51. The molecule has 0 spiro atoms. The zero-order valence-electron chi connectivity index (χ0n) is 43.5. The molecule has 3 aromatic carbocycles. The van der Waals surface area contributed by atoms with Gasteiger partial charge in [-0.15, -0.1) is 0 Å². The number of hydrogen-bond donors (Lipinski definition) is 3. The summed E-state index contributed by atoms with van der Waals surface area (Å²) in [6.07, 6.45) is 3.10. The van der Waals surface area contributed by atoms with Crippen LogP contribution in [0.1, 0.15) is 124 Å². The van der Waals surface area contributed by atoms with E-state index in [1.165, 1.54) is 0 Å². The average molecular weight is 994 g/mol. The van der Waals surface area contributed by atoms with Crippen LogP contribution in [0.5, 0.6) is 0 Å². The normalized spacial score (nSPS) is 14.0. The minimum absolute atomic E-state index is 0.0713. The van der Waals surface area contributed by atoms with Crippen molar-refractivity contribution in [3.63, 3.8) is 0 Å². The quantitative estimate of drug-likeness (QED) is 0.0321. The van der Waals surface area contributed by atoms with Crippen molar-refractivity contribution in [1.29, 1.82) is 0 Å². The first kappa shape index (κ1) is 57.4. The van der Waals surface area contributed by atoms with Crippen molar-refractivity contribution in [1.82, 2.24) is 16.0 Å².